The van der Waals surface area contributed by atoms with E-state index in [1.54, 1.807) is 0 Å². The molecule has 1 aromatic heterocycles. The van der Waals surface area contributed by atoms with Crippen LogP contribution in [0.1, 0.15) is 16.0 Å². The summed E-state index contributed by atoms with van der Waals surface area (Å²) in [6.45, 7) is 2.11. The second-order valence-corrected chi connectivity index (χ2v) is 5.55. The van der Waals surface area contributed by atoms with Gasteiger partial charge in [-0.25, -0.2) is 0 Å². The molecule has 1 heterocycles. The number of benzene rings is 2. The van der Waals surface area contributed by atoms with E-state index >= 15 is 0 Å². The summed E-state index contributed by atoms with van der Waals surface area (Å²) in [4.78, 5) is 1.30. The van der Waals surface area contributed by atoms with E-state index in [-0.39, 0.29) is 0 Å². The molecule has 0 aliphatic heterocycles. The summed E-state index contributed by atoms with van der Waals surface area (Å²) in [6, 6.07) is 19.3. The normalized spacial score (nSPS) is 11.4. The zero-order valence-corrected chi connectivity index (χ0v) is 11.1. The van der Waals surface area contributed by atoms with Gasteiger partial charge in [0.15, 0.2) is 0 Å². The van der Waals surface area contributed by atoms with Gasteiger partial charge in [0.1, 0.15) is 0 Å². The van der Waals surface area contributed by atoms with E-state index in [1.807, 2.05) is 11.3 Å². The zero-order chi connectivity index (χ0) is 12.4. The molecular weight excluding hydrogens is 236 g/mol. The maximum absolute atomic E-state index is 2.24. The molecule has 0 aliphatic rings. The molecule has 1 heteroatoms. The molecule has 3 rings (SSSR count). The second kappa shape index (κ2) is 4.79. The Morgan fingerprint density at radius 2 is 1.67 bits per heavy atom. The minimum absolute atomic E-state index is 1.25. The number of aryl methyl sites for hydroxylation is 1. The largest absolute Gasteiger partial charge is 0.136 e. The van der Waals surface area contributed by atoms with Gasteiger partial charge in [0, 0.05) is 9.58 Å². The van der Waals surface area contributed by atoms with Crippen molar-refractivity contribution in [3.05, 3.63) is 70.6 Å². The monoisotopic (exact) mass is 250 g/mol. The van der Waals surface area contributed by atoms with Gasteiger partial charge < -0.3 is 0 Å². The first-order valence-corrected chi connectivity index (χ1v) is 6.86. The molecule has 0 N–H and O–H groups in total. The standard InChI is InChI=1S/C17H14S/c1-13-6-8-14(9-7-13)10-11-16-12-15-4-2-3-5-17(15)18-16/h2-12H,1H3. The fraction of sp³-hybridized carbons (Fsp3) is 0.0588. The molecule has 0 bridgehead atoms. The maximum Gasteiger partial charge on any atom is 0.0349 e. The molecule has 88 valence electrons. The molecule has 3 aromatic rings. The molecular formula is C17H14S. The Labute approximate surface area is 111 Å². The molecule has 18 heavy (non-hydrogen) atoms. The maximum atomic E-state index is 2.24. The van der Waals surface area contributed by atoms with Crippen molar-refractivity contribution in [1.29, 1.82) is 0 Å². The van der Waals surface area contributed by atoms with E-state index in [1.165, 1.54) is 26.1 Å². The van der Waals surface area contributed by atoms with Crippen LogP contribution >= 0.6 is 11.3 Å². The van der Waals surface area contributed by atoms with E-state index < -0.39 is 0 Å². The second-order valence-electron chi connectivity index (χ2n) is 4.43. The van der Waals surface area contributed by atoms with Crippen molar-refractivity contribution in [2.75, 3.05) is 0 Å². The first-order chi connectivity index (χ1) is 8.81. The molecule has 0 radical (unpaired) electrons. The van der Waals surface area contributed by atoms with E-state index in [9.17, 15) is 0 Å². The molecule has 0 saturated heterocycles. The van der Waals surface area contributed by atoms with Gasteiger partial charge in [0.25, 0.3) is 0 Å². The topological polar surface area (TPSA) is 0 Å². The summed E-state index contributed by atoms with van der Waals surface area (Å²) in [7, 11) is 0. The molecule has 0 nitrogen and oxygen atoms in total. The van der Waals surface area contributed by atoms with Gasteiger partial charge >= 0.3 is 0 Å². The van der Waals surface area contributed by atoms with Gasteiger partial charge in [-0.05, 0) is 36.1 Å². The van der Waals surface area contributed by atoms with Crippen molar-refractivity contribution in [3.63, 3.8) is 0 Å². The summed E-state index contributed by atoms with van der Waals surface area (Å²) < 4.78 is 1.35. The lowest BCUT2D eigenvalue weighted by atomic mass is 10.1. The van der Waals surface area contributed by atoms with Crippen LogP contribution in [0, 0.1) is 6.92 Å². The SMILES string of the molecule is Cc1ccc(C=Cc2cc3ccccc3s2)cc1. The van der Waals surface area contributed by atoms with Gasteiger partial charge in [-0.3, -0.25) is 0 Å². The highest BCUT2D eigenvalue weighted by Gasteiger charge is 1.97. The third kappa shape index (κ3) is 2.36. The van der Waals surface area contributed by atoms with Crippen LogP contribution in [0.5, 0.6) is 0 Å². The summed E-state index contributed by atoms with van der Waals surface area (Å²) >= 11 is 1.83. The van der Waals surface area contributed by atoms with Gasteiger partial charge in [-0.15, -0.1) is 11.3 Å². The molecule has 2 aromatic carbocycles. The molecule has 0 unspecified atom stereocenters. The van der Waals surface area contributed by atoms with E-state index in [2.05, 4.69) is 73.7 Å². The van der Waals surface area contributed by atoms with Crippen LogP contribution < -0.4 is 0 Å². The van der Waals surface area contributed by atoms with Crippen LogP contribution in [0.15, 0.2) is 54.6 Å². The Balaban J connectivity index is 1.89. The minimum Gasteiger partial charge on any atom is -0.136 e. The predicted octanol–water partition coefficient (Wildman–Crippen LogP) is 5.38. The highest BCUT2D eigenvalue weighted by Crippen LogP contribution is 2.26. The van der Waals surface area contributed by atoms with Crippen molar-refractivity contribution in [2.24, 2.45) is 0 Å². The zero-order valence-electron chi connectivity index (χ0n) is 10.3. The number of thiophene rings is 1. The Morgan fingerprint density at radius 1 is 0.889 bits per heavy atom. The van der Waals surface area contributed by atoms with Gasteiger partial charge in [-0.1, -0.05) is 54.1 Å². The van der Waals surface area contributed by atoms with E-state index in [4.69, 9.17) is 0 Å². The van der Waals surface area contributed by atoms with Gasteiger partial charge in [-0.2, -0.15) is 0 Å². The van der Waals surface area contributed by atoms with Crippen LogP contribution in [0.25, 0.3) is 22.2 Å². The predicted molar refractivity (Wildman–Crippen MR) is 81.9 cm³/mol. The first-order valence-electron chi connectivity index (χ1n) is 6.04. The molecule has 0 aliphatic carbocycles. The highest BCUT2D eigenvalue weighted by molar-refractivity contribution is 7.19. The first kappa shape index (κ1) is 11.2. The van der Waals surface area contributed by atoms with Gasteiger partial charge in [0.2, 0.25) is 0 Å². The van der Waals surface area contributed by atoms with Crippen LogP contribution in [-0.2, 0) is 0 Å². The molecule has 0 saturated carbocycles. The van der Waals surface area contributed by atoms with Crippen LogP contribution in [-0.4, -0.2) is 0 Å². The Morgan fingerprint density at radius 3 is 2.44 bits per heavy atom. The molecule has 0 spiro atoms. The van der Waals surface area contributed by atoms with Crippen LogP contribution in [0.3, 0.4) is 0 Å². The Kier molecular flexibility index (Phi) is 2.99. The summed E-state index contributed by atoms with van der Waals surface area (Å²) in [5, 5.41) is 1.33. The highest BCUT2D eigenvalue weighted by atomic mass is 32.1. The lowest BCUT2D eigenvalue weighted by molar-refractivity contribution is 1.46. The lowest BCUT2D eigenvalue weighted by Gasteiger charge is -1.93. The van der Waals surface area contributed by atoms with Crippen molar-refractivity contribution in [2.45, 2.75) is 6.92 Å². The third-order valence-electron chi connectivity index (χ3n) is 2.96. The van der Waals surface area contributed by atoms with E-state index in [0.29, 0.717) is 0 Å². The summed E-state index contributed by atoms with van der Waals surface area (Å²) in [6.07, 6.45) is 4.36. The molecule has 0 amide bonds. The summed E-state index contributed by atoms with van der Waals surface area (Å²) in [5.41, 5.74) is 2.55. The minimum atomic E-state index is 1.25. The lowest BCUT2D eigenvalue weighted by Crippen LogP contribution is -1.72. The number of hydrogen-bond donors (Lipinski definition) is 0. The average molecular weight is 250 g/mol. The fourth-order valence-electron chi connectivity index (χ4n) is 1.94. The van der Waals surface area contributed by atoms with Crippen LogP contribution in [0.4, 0.5) is 0 Å². The van der Waals surface area contributed by atoms with Crippen LogP contribution in [0.2, 0.25) is 0 Å². The van der Waals surface area contributed by atoms with Crippen molar-refractivity contribution in [1.82, 2.24) is 0 Å². The van der Waals surface area contributed by atoms with Crippen molar-refractivity contribution in [3.8, 4) is 0 Å². The molecule has 0 fully saturated rings. The molecule has 0 atom stereocenters. The van der Waals surface area contributed by atoms with Crippen molar-refractivity contribution < 1.29 is 0 Å². The average Bonchev–Trinajstić information content (AvgIpc) is 2.81. The number of rotatable bonds is 2. The smallest absolute Gasteiger partial charge is 0.0349 e. The number of fused-ring (bicyclic) bond motifs is 1. The Bertz CT molecular complexity index is 654. The summed E-state index contributed by atoms with van der Waals surface area (Å²) in [5.74, 6) is 0. The fourth-order valence-corrected chi connectivity index (χ4v) is 2.91. The number of hydrogen-bond acceptors (Lipinski definition) is 1. The van der Waals surface area contributed by atoms with Crippen molar-refractivity contribution >= 4 is 33.6 Å². The quantitative estimate of drug-likeness (QED) is 0.572. The Hall–Kier alpha value is -1.86. The third-order valence-corrected chi connectivity index (χ3v) is 4.04. The van der Waals surface area contributed by atoms with Gasteiger partial charge in [0.05, 0.1) is 0 Å². The van der Waals surface area contributed by atoms with E-state index in [0.717, 1.165) is 0 Å².